The van der Waals surface area contributed by atoms with E-state index in [9.17, 15) is 18.0 Å². The summed E-state index contributed by atoms with van der Waals surface area (Å²) in [5.41, 5.74) is 1.92. The van der Waals surface area contributed by atoms with Crippen molar-refractivity contribution in [1.29, 1.82) is 0 Å². The number of amides is 1. The fourth-order valence-electron chi connectivity index (χ4n) is 3.64. The molecule has 0 aliphatic heterocycles. The standard InChI is InChI=1S/C23H25N7O4S2/c1-12-10-13(2)25-23(24-12)29-36(33,34)16-8-6-15(7-9-16)26-21(32)19-14(3)18-20(31)27-17(11-30(4)5)28-22(18)35-19/h6-10H,11H2,1-5H3,(H,26,32)(H,24,25,29)(H,27,28,31). The number of sulfonamides is 1. The fourth-order valence-corrected chi connectivity index (χ4v) is 5.68. The summed E-state index contributed by atoms with van der Waals surface area (Å²) in [7, 11) is -0.186. The Morgan fingerprint density at radius 1 is 1.06 bits per heavy atom. The number of fused-ring (bicyclic) bond motifs is 1. The van der Waals surface area contributed by atoms with Crippen molar-refractivity contribution in [2.45, 2.75) is 32.2 Å². The minimum atomic E-state index is -3.92. The van der Waals surface area contributed by atoms with Gasteiger partial charge in [0.15, 0.2) is 0 Å². The third-order valence-corrected chi connectivity index (χ3v) is 7.68. The molecule has 4 rings (SSSR count). The topological polar surface area (TPSA) is 150 Å². The van der Waals surface area contributed by atoms with Gasteiger partial charge in [0, 0.05) is 17.1 Å². The number of aromatic nitrogens is 4. The van der Waals surface area contributed by atoms with E-state index >= 15 is 0 Å². The monoisotopic (exact) mass is 527 g/mol. The van der Waals surface area contributed by atoms with Gasteiger partial charge in [0.05, 0.1) is 21.7 Å². The molecular weight excluding hydrogens is 502 g/mol. The third-order valence-electron chi connectivity index (χ3n) is 5.15. The van der Waals surface area contributed by atoms with Gasteiger partial charge in [-0.25, -0.2) is 28.1 Å². The van der Waals surface area contributed by atoms with Crippen LogP contribution >= 0.6 is 11.3 Å². The molecule has 1 aromatic carbocycles. The van der Waals surface area contributed by atoms with Crippen molar-refractivity contribution in [3.05, 3.63) is 68.3 Å². The van der Waals surface area contributed by atoms with E-state index in [0.717, 1.165) is 11.3 Å². The van der Waals surface area contributed by atoms with Crippen LogP contribution < -0.4 is 15.6 Å². The molecule has 0 bridgehead atoms. The normalized spacial score (nSPS) is 11.7. The predicted molar refractivity (Wildman–Crippen MR) is 139 cm³/mol. The summed E-state index contributed by atoms with van der Waals surface area (Å²) in [5.74, 6) is 0.0891. The van der Waals surface area contributed by atoms with E-state index in [-0.39, 0.29) is 16.4 Å². The van der Waals surface area contributed by atoms with Gasteiger partial charge in [-0.15, -0.1) is 11.3 Å². The average molecular weight is 528 g/mol. The second-order valence-corrected chi connectivity index (χ2v) is 11.2. The number of benzene rings is 1. The molecule has 0 saturated heterocycles. The second kappa shape index (κ2) is 9.76. The first-order chi connectivity index (χ1) is 16.9. The van der Waals surface area contributed by atoms with Crippen LogP contribution in [0.2, 0.25) is 0 Å². The van der Waals surface area contributed by atoms with Gasteiger partial charge in [-0.05, 0) is 70.8 Å². The average Bonchev–Trinajstić information content (AvgIpc) is 3.09. The van der Waals surface area contributed by atoms with Crippen LogP contribution in [0.3, 0.4) is 0 Å². The quantitative estimate of drug-likeness (QED) is 0.332. The van der Waals surface area contributed by atoms with Crippen LogP contribution in [0.25, 0.3) is 10.2 Å². The molecule has 36 heavy (non-hydrogen) atoms. The Balaban J connectivity index is 1.54. The Labute approximate surface area is 211 Å². The zero-order valence-corrected chi connectivity index (χ0v) is 22.0. The number of carbonyl (C=O) groups excluding carboxylic acids is 1. The first-order valence-electron chi connectivity index (χ1n) is 10.9. The summed E-state index contributed by atoms with van der Waals surface area (Å²) in [6.07, 6.45) is 0. The fraction of sp³-hybridized carbons (Fsp3) is 0.261. The number of nitrogens with one attached hydrogen (secondary N) is 3. The van der Waals surface area contributed by atoms with Crippen LogP contribution in [0.15, 0.2) is 40.0 Å². The summed E-state index contributed by atoms with van der Waals surface area (Å²) in [4.78, 5) is 43.7. The first kappa shape index (κ1) is 25.4. The van der Waals surface area contributed by atoms with E-state index in [2.05, 4.69) is 30.0 Å². The van der Waals surface area contributed by atoms with Crippen molar-refractivity contribution in [3.8, 4) is 0 Å². The first-order valence-corrected chi connectivity index (χ1v) is 13.2. The van der Waals surface area contributed by atoms with Crippen molar-refractivity contribution in [2.24, 2.45) is 0 Å². The number of hydrogen-bond acceptors (Lipinski definition) is 9. The molecule has 13 heteroatoms. The highest BCUT2D eigenvalue weighted by atomic mass is 32.2. The lowest BCUT2D eigenvalue weighted by molar-refractivity contribution is 0.103. The van der Waals surface area contributed by atoms with Crippen molar-refractivity contribution >= 4 is 49.1 Å². The summed E-state index contributed by atoms with van der Waals surface area (Å²) in [6, 6.07) is 7.45. The zero-order valence-electron chi connectivity index (χ0n) is 20.3. The molecule has 3 heterocycles. The Morgan fingerprint density at radius 3 is 2.31 bits per heavy atom. The van der Waals surface area contributed by atoms with Crippen LogP contribution in [-0.4, -0.2) is 53.3 Å². The van der Waals surface area contributed by atoms with E-state index < -0.39 is 15.9 Å². The van der Waals surface area contributed by atoms with Gasteiger partial charge in [-0.3, -0.25) is 9.59 Å². The van der Waals surface area contributed by atoms with Crippen LogP contribution in [0, 0.1) is 20.8 Å². The number of rotatable bonds is 7. The largest absolute Gasteiger partial charge is 0.321 e. The van der Waals surface area contributed by atoms with Crippen LogP contribution in [-0.2, 0) is 16.6 Å². The van der Waals surface area contributed by atoms with Gasteiger partial charge in [-0.2, -0.15) is 0 Å². The smallest absolute Gasteiger partial charge is 0.266 e. The van der Waals surface area contributed by atoms with Gasteiger partial charge in [0.1, 0.15) is 10.7 Å². The molecule has 0 saturated carbocycles. The Bertz CT molecular complexity index is 1600. The molecule has 1 amide bonds. The summed E-state index contributed by atoms with van der Waals surface area (Å²) >= 11 is 1.14. The maximum Gasteiger partial charge on any atom is 0.266 e. The molecule has 0 aliphatic rings. The number of thiophene rings is 1. The van der Waals surface area contributed by atoms with Crippen LogP contribution in [0.4, 0.5) is 11.6 Å². The third kappa shape index (κ3) is 5.42. The SMILES string of the molecule is Cc1cc(C)nc(NS(=O)(=O)c2ccc(NC(=O)c3sc4nc(CN(C)C)[nH]c(=O)c4c3C)cc2)n1. The van der Waals surface area contributed by atoms with Gasteiger partial charge >= 0.3 is 0 Å². The molecule has 0 aliphatic carbocycles. The maximum atomic E-state index is 13.0. The van der Waals surface area contributed by atoms with Crippen molar-refractivity contribution in [1.82, 2.24) is 24.8 Å². The minimum absolute atomic E-state index is 0.00884. The number of carbonyl (C=O) groups is 1. The van der Waals surface area contributed by atoms with Gasteiger partial charge in [0.2, 0.25) is 5.95 Å². The molecular formula is C23H25N7O4S2. The molecule has 0 fully saturated rings. The van der Waals surface area contributed by atoms with Crippen molar-refractivity contribution in [3.63, 3.8) is 0 Å². The molecule has 3 N–H and O–H groups in total. The number of anilines is 2. The molecule has 0 spiro atoms. The molecule has 11 nitrogen and oxygen atoms in total. The lowest BCUT2D eigenvalue weighted by Crippen LogP contribution is -2.18. The van der Waals surface area contributed by atoms with Crippen molar-refractivity contribution in [2.75, 3.05) is 24.1 Å². The van der Waals surface area contributed by atoms with E-state index in [1.807, 2.05) is 19.0 Å². The highest BCUT2D eigenvalue weighted by molar-refractivity contribution is 7.92. The molecule has 4 aromatic rings. The van der Waals surface area contributed by atoms with Crippen LogP contribution in [0.5, 0.6) is 0 Å². The highest BCUT2D eigenvalue weighted by Gasteiger charge is 2.21. The predicted octanol–water partition coefficient (Wildman–Crippen LogP) is 2.81. The number of H-pyrrole nitrogens is 1. The number of aromatic amines is 1. The van der Waals surface area contributed by atoms with Gasteiger partial charge in [-0.1, -0.05) is 0 Å². The van der Waals surface area contributed by atoms with E-state index in [0.29, 0.717) is 50.1 Å². The van der Waals surface area contributed by atoms with Gasteiger partial charge in [0.25, 0.3) is 21.5 Å². The highest BCUT2D eigenvalue weighted by Crippen LogP contribution is 2.28. The van der Waals surface area contributed by atoms with E-state index in [4.69, 9.17) is 0 Å². The number of hydrogen-bond donors (Lipinski definition) is 3. The van der Waals surface area contributed by atoms with Crippen molar-refractivity contribution < 1.29 is 13.2 Å². The van der Waals surface area contributed by atoms with Crippen LogP contribution in [0.1, 0.15) is 32.4 Å². The Hall–Kier alpha value is -3.68. The maximum absolute atomic E-state index is 13.0. The zero-order chi connectivity index (χ0) is 26.2. The minimum Gasteiger partial charge on any atom is -0.321 e. The van der Waals surface area contributed by atoms with Gasteiger partial charge < -0.3 is 15.2 Å². The molecule has 3 aromatic heterocycles. The van der Waals surface area contributed by atoms with E-state index in [1.165, 1.54) is 24.3 Å². The summed E-state index contributed by atoms with van der Waals surface area (Å²) in [5, 5.41) is 3.14. The second-order valence-electron chi connectivity index (χ2n) is 8.55. The molecule has 0 radical (unpaired) electrons. The Morgan fingerprint density at radius 2 is 1.69 bits per heavy atom. The molecule has 0 unspecified atom stereocenters. The molecule has 188 valence electrons. The number of aryl methyl sites for hydroxylation is 3. The summed E-state index contributed by atoms with van der Waals surface area (Å²) < 4.78 is 27.8. The lowest BCUT2D eigenvalue weighted by Gasteiger charge is -2.09. The molecule has 0 atom stereocenters. The summed E-state index contributed by atoms with van der Waals surface area (Å²) in [6.45, 7) is 5.66. The number of nitrogens with zero attached hydrogens (tertiary/aromatic N) is 4. The lowest BCUT2D eigenvalue weighted by atomic mass is 10.2. The Kier molecular flexibility index (Phi) is 6.89. The van der Waals surface area contributed by atoms with E-state index in [1.54, 1.807) is 26.8 Å².